The minimum Gasteiger partial charge on any atom is -0.492 e. The number of unbranched alkanes of at least 4 members (excludes halogenated alkanes) is 1. The lowest BCUT2D eigenvalue weighted by Gasteiger charge is -2.07. The molecule has 1 aromatic heterocycles. The van der Waals surface area contributed by atoms with E-state index < -0.39 is 0 Å². The molecule has 0 bridgehead atoms. The smallest absolute Gasteiger partial charge is 0.138 e. The molecule has 4 nitrogen and oxygen atoms in total. The molecule has 108 valence electrons. The van der Waals surface area contributed by atoms with Gasteiger partial charge in [-0.2, -0.15) is 0 Å². The second kappa shape index (κ2) is 8.51. The minimum atomic E-state index is 0.728. The summed E-state index contributed by atoms with van der Waals surface area (Å²) in [6.07, 6.45) is 3.93. The SMILES string of the molecule is COCCNCCCCOc1cnc2ccccc2c1. The summed E-state index contributed by atoms with van der Waals surface area (Å²) in [4.78, 5) is 4.38. The summed E-state index contributed by atoms with van der Waals surface area (Å²) in [5.74, 6) is 0.844. The highest BCUT2D eigenvalue weighted by atomic mass is 16.5. The summed E-state index contributed by atoms with van der Waals surface area (Å²) in [7, 11) is 1.72. The number of methoxy groups -OCH3 is 1. The van der Waals surface area contributed by atoms with Gasteiger partial charge in [0.1, 0.15) is 5.75 Å². The normalized spacial score (nSPS) is 10.8. The Morgan fingerprint density at radius 3 is 2.90 bits per heavy atom. The summed E-state index contributed by atoms with van der Waals surface area (Å²) in [5.41, 5.74) is 1.00. The number of hydrogen-bond donors (Lipinski definition) is 1. The number of aromatic nitrogens is 1. The lowest BCUT2D eigenvalue weighted by molar-refractivity contribution is 0.199. The zero-order chi connectivity index (χ0) is 14.0. The van der Waals surface area contributed by atoms with Gasteiger partial charge < -0.3 is 14.8 Å². The van der Waals surface area contributed by atoms with Crippen molar-refractivity contribution in [2.24, 2.45) is 0 Å². The lowest BCUT2D eigenvalue weighted by atomic mass is 10.2. The first kappa shape index (κ1) is 14.8. The quantitative estimate of drug-likeness (QED) is 0.714. The average Bonchev–Trinajstić information content (AvgIpc) is 2.50. The first-order valence-electron chi connectivity index (χ1n) is 7.07. The van der Waals surface area contributed by atoms with Crippen LogP contribution in [-0.2, 0) is 4.74 Å². The molecule has 0 fully saturated rings. The predicted octanol–water partition coefficient (Wildman–Crippen LogP) is 2.63. The Hall–Kier alpha value is -1.65. The van der Waals surface area contributed by atoms with Crippen molar-refractivity contribution in [1.82, 2.24) is 10.3 Å². The van der Waals surface area contributed by atoms with Crippen molar-refractivity contribution in [2.75, 3.05) is 33.4 Å². The maximum atomic E-state index is 5.73. The molecule has 0 radical (unpaired) electrons. The first-order chi connectivity index (χ1) is 9.90. The van der Waals surface area contributed by atoms with Crippen molar-refractivity contribution < 1.29 is 9.47 Å². The lowest BCUT2D eigenvalue weighted by Crippen LogP contribution is -2.20. The Kier molecular flexibility index (Phi) is 6.27. The summed E-state index contributed by atoms with van der Waals surface area (Å²) < 4.78 is 10.7. The van der Waals surface area contributed by atoms with E-state index in [-0.39, 0.29) is 0 Å². The number of fused-ring (bicyclic) bond motifs is 1. The van der Waals surface area contributed by atoms with Gasteiger partial charge in [-0.3, -0.25) is 4.98 Å². The number of benzene rings is 1. The molecule has 0 aliphatic carbocycles. The average molecular weight is 274 g/mol. The van der Waals surface area contributed by atoms with Crippen LogP contribution >= 0.6 is 0 Å². The number of nitrogens with one attached hydrogen (secondary N) is 1. The Balaban J connectivity index is 1.65. The Labute approximate surface area is 120 Å². The van der Waals surface area contributed by atoms with E-state index in [4.69, 9.17) is 9.47 Å². The van der Waals surface area contributed by atoms with E-state index in [0.29, 0.717) is 0 Å². The summed E-state index contributed by atoms with van der Waals surface area (Å²) in [5, 5.41) is 4.43. The van der Waals surface area contributed by atoms with E-state index in [2.05, 4.69) is 16.4 Å². The molecule has 0 amide bonds. The fourth-order valence-electron chi connectivity index (χ4n) is 1.97. The topological polar surface area (TPSA) is 43.4 Å². The third-order valence-corrected chi connectivity index (χ3v) is 3.06. The van der Waals surface area contributed by atoms with Crippen LogP contribution in [0.3, 0.4) is 0 Å². The van der Waals surface area contributed by atoms with Crippen LogP contribution in [0.25, 0.3) is 10.9 Å². The van der Waals surface area contributed by atoms with Crippen LogP contribution in [0.15, 0.2) is 36.5 Å². The number of para-hydroxylation sites is 1. The number of ether oxygens (including phenoxy) is 2. The molecular weight excluding hydrogens is 252 g/mol. The number of nitrogens with zero attached hydrogens (tertiary/aromatic N) is 1. The van der Waals surface area contributed by atoms with Crippen molar-refractivity contribution in [3.8, 4) is 5.75 Å². The van der Waals surface area contributed by atoms with E-state index in [1.807, 2.05) is 24.3 Å². The van der Waals surface area contributed by atoms with Crippen LogP contribution in [-0.4, -0.2) is 38.4 Å². The monoisotopic (exact) mass is 274 g/mol. The van der Waals surface area contributed by atoms with E-state index in [1.165, 1.54) is 0 Å². The van der Waals surface area contributed by atoms with Gasteiger partial charge >= 0.3 is 0 Å². The van der Waals surface area contributed by atoms with Crippen LogP contribution in [0.1, 0.15) is 12.8 Å². The highest BCUT2D eigenvalue weighted by Crippen LogP contribution is 2.17. The molecule has 1 N–H and O–H groups in total. The number of hydrogen-bond acceptors (Lipinski definition) is 4. The zero-order valence-electron chi connectivity index (χ0n) is 12.0. The van der Waals surface area contributed by atoms with Gasteiger partial charge in [0.15, 0.2) is 0 Å². The molecule has 20 heavy (non-hydrogen) atoms. The summed E-state index contributed by atoms with van der Waals surface area (Å²) >= 11 is 0. The van der Waals surface area contributed by atoms with Crippen molar-refractivity contribution in [2.45, 2.75) is 12.8 Å². The molecule has 0 saturated carbocycles. The fourth-order valence-corrected chi connectivity index (χ4v) is 1.97. The molecule has 2 aromatic rings. The van der Waals surface area contributed by atoms with Gasteiger partial charge in [0.2, 0.25) is 0 Å². The van der Waals surface area contributed by atoms with Gasteiger partial charge in [-0.1, -0.05) is 18.2 Å². The molecule has 0 spiro atoms. The molecule has 0 aliphatic rings. The van der Waals surface area contributed by atoms with Crippen molar-refractivity contribution in [1.29, 1.82) is 0 Å². The minimum absolute atomic E-state index is 0.728. The second-order valence-electron chi connectivity index (χ2n) is 4.66. The third-order valence-electron chi connectivity index (χ3n) is 3.06. The fraction of sp³-hybridized carbons (Fsp3) is 0.438. The van der Waals surface area contributed by atoms with Crippen LogP contribution in [0.5, 0.6) is 5.75 Å². The van der Waals surface area contributed by atoms with Crippen molar-refractivity contribution in [3.63, 3.8) is 0 Å². The summed E-state index contributed by atoms with van der Waals surface area (Å²) in [6, 6.07) is 10.1. The standard InChI is InChI=1S/C16H22N2O2/c1-19-11-9-17-8-4-5-10-20-15-12-14-6-2-3-7-16(14)18-13-15/h2-3,6-7,12-13,17H,4-5,8-11H2,1H3. The van der Waals surface area contributed by atoms with Gasteiger partial charge in [-0.05, 0) is 31.5 Å². The van der Waals surface area contributed by atoms with Crippen molar-refractivity contribution in [3.05, 3.63) is 36.5 Å². The van der Waals surface area contributed by atoms with E-state index in [9.17, 15) is 0 Å². The summed E-state index contributed by atoms with van der Waals surface area (Å²) in [6.45, 7) is 3.40. The van der Waals surface area contributed by atoms with Gasteiger partial charge in [0.25, 0.3) is 0 Å². The van der Waals surface area contributed by atoms with Gasteiger partial charge in [-0.25, -0.2) is 0 Å². The maximum Gasteiger partial charge on any atom is 0.138 e. The largest absolute Gasteiger partial charge is 0.492 e. The molecule has 4 heteroatoms. The zero-order valence-corrected chi connectivity index (χ0v) is 12.0. The van der Waals surface area contributed by atoms with Crippen LogP contribution < -0.4 is 10.1 Å². The predicted molar refractivity (Wildman–Crippen MR) is 81.2 cm³/mol. The van der Waals surface area contributed by atoms with Gasteiger partial charge in [0, 0.05) is 19.0 Å². The number of pyridine rings is 1. The molecule has 0 unspecified atom stereocenters. The van der Waals surface area contributed by atoms with Gasteiger partial charge in [-0.15, -0.1) is 0 Å². The van der Waals surface area contributed by atoms with Crippen LogP contribution in [0, 0.1) is 0 Å². The highest BCUT2D eigenvalue weighted by molar-refractivity contribution is 5.79. The second-order valence-corrected chi connectivity index (χ2v) is 4.66. The third kappa shape index (κ3) is 4.79. The first-order valence-corrected chi connectivity index (χ1v) is 7.07. The number of rotatable bonds is 9. The van der Waals surface area contributed by atoms with E-state index in [0.717, 1.165) is 55.8 Å². The molecule has 1 aromatic carbocycles. The van der Waals surface area contributed by atoms with E-state index in [1.54, 1.807) is 13.3 Å². The Morgan fingerprint density at radius 2 is 2.00 bits per heavy atom. The molecule has 0 saturated heterocycles. The van der Waals surface area contributed by atoms with Crippen molar-refractivity contribution >= 4 is 10.9 Å². The van der Waals surface area contributed by atoms with Gasteiger partial charge in [0.05, 0.1) is 24.9 Å². The molecule has 2 rings (SSSR count). The highest BCUT2D eigenvalue weighted by Gasteiger charge is 1.98. The molecular formula is C16H22N2O2. The van der Waals surface area contributed by atoms with Crippen LogP contribution in [0.4, 0.5) is 0 Å². The Bertz CT molecular complexity index is 517. The van der Waals surface area contributed by atoms with E-state index >= 15 is 0 Å². The molecule has 0 aliphatic heterocycles. The maximum absolute atomic E-state index is 5.73. The Morgan fingerprint density at radius 1 is 1.10 bits per heavy atom. The van der Waals surface area contributed by atoms with Crippen LogP contribution in [0.2, 0.25) is 0 Å². The molecule has 0 atom stereocenters. The molecule has 1 heterocycles.